The lowest BCUT2D eigenvalue weighted by molar-refractivity contribution is 1.27. The zero-order valence-corrected chi connectivity index (χ0v) is 15.5. The molecule has 0 radical (unpaired) electrons. The first kappa shape index (κ1) is 16.5. The summed E-state index contributed by atoms with van der Waals surface area (Å²) in [7, 11) is 0. The van der Waals surface area contributed by atoms with Gasteiger partial charge in [-0.2, -0.15) is 0 Å². The summed E-state index contributed by atoms with van der Waals surface area (Å²) in [5.41, 5.74) is 10.1. The fourth-order valence-corrected chi connectivity index (χ4v) is 3.29. The Labute approximate surface area is 160 Å². The van der Waals surface area contributed by atoms with E-state index in [0.29, 0.717) is 10.6 Å². The maximum absolute atomic E-state index is 5.65. The van der Waals surface area contributed by atoms with E-state index in [1.807, 2.05) is 12.1 Å². The number of pyridine rings is 1. The summed E-state index contributed by atoms with van der Waals surface area (Å²) in [6.07, 6.45) is 1.71. The van der Waals surface area contributed by atoms with Crippen molar-refractivity contribution in [2.45, 2.75) is 0 Å². The summed E-state index contributed by atoms with van der Waals surface area (Å²) >= 11 is 3.17. The topological polar surface area (TPSA) is 51.3 Å². The number of benzene rings is 3. The third-order valence-electron chi connectivity index (χ3n) is 4.30. The minimum absolute atomic E-state index is 0.310. The van der Waals surface area contributed by atoms with Gasteiger partial charge in [0.15, 0.2) is 10.6 Å². The molecule has 0 fully saturated rings. The van der Waals surface area contributed by atoms with Crippen molar-refractivity contribution in [2.75, 3.05) is 0 Å². The van der Waals surface area contributed by atoms with Crippen LogP contribution >= 0.6 is 15.9 Å². The lowest BCUT2D eigenvalue weighted by Gasteiger charge is -2.09. The highest BCUT2D eigenvalue weighted by Gasteiger charge is 2.07. The molecule has 0 aliphatic rings. The van der Waals surface area contributed by atoms with Gasteiger partial charge in [0, 0.05) is 11.8 Å². The van der Waals surface area contributed by atoms with Gasteiger partial charge in [0.2, 0.25) is 0 Å². The van der Waals surface area contributed by atoms with Gasteiger partial charge >= 0.3 is 0 Å². The van der Waals surface area contributed by atoms with Crippen LogP contribution in [-0.4, -0.2) is 9.73 Å². The van der Waals surface area contributed by atoms with Crippen LogP contribution in [0.5, 0.6) is 0 Å². The van der Waals surface area contributed by atoms with Crippen molar-refractivity contribution in [2.24, 2.45) is 10.7 Å². The number of halogens is 1. The van der Waals surface area contributed by atoms with Crippen LogP contribution in [0.4, 0.5) is 5.82 Å². The molecule has 1 heterocycles. The van der Waals surface area contributed by atoms with Gasteiger partial charge in [-0.05, 0) is 55.5 Å². The number of hydrogen-bond donors (Lipinski definition) is 1. The second-order valence-corrected chi connectivity index (χ2v) is 6.73. The number of rotatable bonds is 3. The number of hydrogen-bond acceptors (Lipinski definition) is 2. The van der Waals surface area contributed by atoms with Crippen LogP contribution in [0.25, 0.3) is 33.0 Å². The van der Waals surface area contributed by atoms with Crippen LogP contribution in [0.2, 0.25) is 0 Å². The molecule has 0 amide bonds. The summed E-state index contributed by atoms with van der Waals surface area (Å²) in [5, 5.41) is 2.49. The maximum atomic E-state index is 5.65. The normalized spacial score (nSPS) is 11.7. The van der Waals surface area contributed by atoms with E-state index in [1.54, 1.807) is 6.20 Å². The summed E-state index contributed by atoms with van der Waals surface area (Å²) in [6, 6.07) is 27.2. The van der Waals surface area contributed by atoms with Crippen molar-refractivity contribution in [1.29, 1.82) is 0 Å². The highest BCUT2D eigenvalue weighted by Crippen LogP contribution is 2.32. The molecular weight excluding hydrogens is 386 g/mol. The molecule has 0 saturated heterocycles. The molecule has 0 unspecified atom stereocenters. The molecule has 1 aromatic heterocycles. The molecule has 3 nitrogen and oxygen atoms in total. The van der Waals surface area contributed by atoms with Crippen LogP contribution < -0.4 is 5.73 Å². The largest absolute Gasteiger partial charge is 0.378 e. The monoisotopic (exact) mass is 401 g/mol. The fraction of sp³-hybridized carbons (Fsp3) is 0. The standard InChI is InChI=1S/C22H16BrN3/c23-22(24)26-21-20(9-4-14-25-21)17-12-10-16(11-13-17)19-8-3-6-15-5-1-2-7-18(15)19/h1-14H,(H2,24,25,26). The Balaban J connectivity index is 1.78. The predicted molar refractivity (Wildman–Crippen MR) is 113 cm³/mol. The summed E-state index contributed by atoms with van der Waals surface area (Å²) in [5.74, 6) is 0.597. The highest BCUT2D eigenvalue weighted by molar-refractivity contribution is 9.18. The Hall–Kier alpha value is -2.98. The van der Waals surface area contributed by atoms with Crippen LogP contribution in [0, 0.1) is 0 Å². The molecule has 0 atom stereocenters. The molecule has 26 heavy (non-hydrogen) atoms. The molecule has 126 valence electrons. The van der Waals surface area contributed by atoms with E-state index in [9.17, 15) is 0 Å². The van der Waals surface area contributed by atoms with E-state index in [0.717, 1.165) is 11.1 Å². The number of fused-ring (bicyclic) bond motifs is 1. The molecule has 4 aromatic rings. The highest BCUT2D eigenvalue weighted by atomic mass is 79.9. The minimum atomic E-state index is 0.310. The molecule has 4 rings (SSSR count). The van der Waals surface area contributed by atoms with Gasteiger partial charge in [0.1, 0.15) is 0 Å². The lowest BCUT2D eigenvalue weighted by atomic mass is 9.96. The van der Waals surface area contributed by atoms with E-state index < -0.39 is 0 Å². The van der Waals surface area contributed by atoms with E-state index in [2.05, 4.69) is 92.6 Å². The molecule has 0 spiro atoms. The second-order valence-electron chi connectivity index (χ2n) is 5.91. The summed E-state index contributed by atoms with van der Waals surface area (Å²) in [4.78, 5) is 8.58. The molecular formula is C22H16BrN3. The summed E-state index contributed by atoms with van der Waals surface area (Å²) < 4.78 is 0.310. The molecule has 2 N–H and O–H groups in total. The van der Waals surface area contributed by atoms with Gasteiger partial charge in [-0.1, -0.05) is 66.7 Å². The van der Waals surface area contributed by atoms with Gasteiger partial charge in [0.25, 0.3) is 0 Å². The van der Waals surface area contributed by atoms with E-state index in [-0.39, 0.29) is 0 Å². The zero-order chi connectivity index (χ0) is 17.9. The van der Waals surface area contributed by atoms with Crippen molar-refractivity contribution < 1.29 is 0 Å². The first-order valence-electron chi connectivity index (χ1n) is 8.25. The maximum Gasteiger partial charge on any atom is 0.169 e. The smallest absolute Gasteiger partial charge is 0.169 e. The number of nitrogens with two attached hydrogens (primary N) is 1. The third-order valence-corrected chi connectivity index (χ3v) is 4.47. The van der Waals surface area contributed by atoms with Crippen molar-refractivity contribution in [1.82, 2.24) is 4.98 Å². The van der Waals surface area contributed by atoms with Gasteiger partial charge in [-0.15, -0.1) is 0 Å². The van der Waals surface area contributed by atoms with E-state index >= 15 is 0 Å². The Kier molecular flexibility index (Phi) is 4.50. The average molecular weight is 402 g/mol. The average Bonchev–Trinajstić information content (AvgIpc) is 2.68. The first-order valence-corrected chi connectivity index (χ1v) is 9.05. The van der Waals surface area contributed by atoms with Gasteiger partial charge < -0.3 is 5.73 Å². The van der Waals surface area contributed by atoms with Crippen LogP contribution in [-0.2, 0) is 0 Å². The molecule has 4 heteroatoms. The number of amidine groups is 1. The molecule has 3 aromatic carbocycles. The molecule has 0 aliphatic heterocycles. The van der Waals surface area contributed by atoms with Crippen molar-refractivity contribution in [3.8, 4) is 22.3 Å². The van der Waals surface area contributed by atoms with Gasteiger partial charge in [-0.25, -0.2) is 9.98 Å². The predicted octanol–water partition coefficient (Wildman–Crippen LogP) is 5.91. The third kappa shape index (κ3) is 3.24. The van der Waals surface area contributed by atoms with Crippen LogP contribution in [0.15, 0.2) is 90.1 Å². The minimum Gasteiger partial charge on any atom is -0.378 e. The van der Waals surface area contributed by atoms with E-state index in [1.165, 1.54) is 21.9 Å². The molecule has 0 bridgehead atoms. The van der Waals surface area contributed by atoms with Crippen molar-refractivity contribution in [3.63, 3.8) is 0 Å². The molecule has 0 aliphatic carbocycles. The van der Waals surface area contributed by atoms with Gasteiger partial charge in [0.05, 0.1) is 0 Å². The van der Waals surface area contributed by atoms with Crippen molar-refractivity contribution in [3.05, 3.63) is 85.1 Å². The van der Waals surface area contributed by atoms with E-state index in [4.69, 9.17) is 5.73 Å². The Morgan fingerprint density at radius 3 is 2.19 bits per heavy atom. The SMILES string of the molecule is NC(Br)=Nc1ncccc1-c1ccc(-c2cccc3ccccc23)cc1. The Bertz CT molecular complexity index is 1090. The Morgan fingerprint density at radius 2 is 1.42 bits per heavy atom. The number of nitrogens with zero attached hydrogens (tertiary/aromatic N) is 2. The van der Waals surface area contributed by atoms with Crippen LogP contribution in [0.1, 0.15) is 0 Å². The lowest BCUT2D eigenvalue weighted by Crippen LogP contribution is -2.00. The molecule has 0 saturated carbocycles. The Morgan fingerprint density at radius 1 is 0.769 bits per heavy atom. The quantitative estimate of drug-likeness (QED) is 0.263. The second kappa shape index (κ2) is 7.10. The first-order chi connectivity index (χ1) is 12.7. The van der Waals surface area contributed by atoms with Crippen molar-refractivity contribution >= 4 is 37.3 Å². The number of aromatic nitrogens is 1. The van der Waals surface area contributed by atoms with Crippen LogP contribution in [0.3, 0.4) is 0 Å². The zero-order valence-electron chi connectivity index (χ0n) is 13.9. The number of aliphatic imine (C=N–C) groups is 1. The summed E-state index contributed by atoms with van der Waals surface area (Å²) in [6.45, 7) is 0. The van der Waals surface area contributed by atoms with Gasteiger partial charge in [-0.3, -0.25) is 0 Å². The fourth-order valence-electron chi connectivity index (χ4n) is 3.12.